The van der Waals surface area contributed by atoms with Crippen LogP contribution in [0.2, 0.25) is 0 Å². The van der Waals surface area contributed by atoms with E-state index in [9.17, 15) is 19.7 Å². The molecule has 0 atom stereocenters. The number of methoxy groups -OCH3 is 1. The number of benzene rings is 1. The second kappa shape index (κ2) is 4.91. The van der Waals surface area contributed by atoms with E-state index in [2.05, 4.69) is 20.7 Å². The first-order valence-corrected chi connectivity index (χ1v) is 4.97. The summed E-state index contributed by atoms with van der Waals surface area (Å²) in [6.07, 6.45) is 0. The fourth-order valence-corrected chi connectivity index (χ4v) is 1.80. The van der Waals surface area contributed by atoms with Gasteiger partial charge >= 0.3 is 11.9 Å². The molecule has 7 nitrogen and oxygen atoms in total. The largest absolute Gasteiger partial charge is 0.477 e. The van der Waals surface area contributed by atoms with E-state index in [-0.39, 0.29) is 10.0 Å². The number of ether oxygens (including phenoxy) is 1. The third-order valence-corrected chi connectivity index (χ3v) is 2.53. The van der Waals surface area contributed by atoms with Crippen LogP contribution in [-0.2, 0) is 4.74 Å². The quantitative estimate of drug-likeness (QED) is 0.518. The van der Waals surface area contributed by atoms with Crippen LogP contribution < -0.4 is 0 Å². The standard InChI is InChI=1S/C9H6BrNO6/c1-17-9(14)4-2-5(10)7(8(12)13)6(3-4)11(15)16/h2-3H,1H3,(H,12,13). The zero-order chi connectivity index (χ0) is 13.2. The van der Waals surface area contributed by atoms with E-state index < -0.39 is 28.1 Å². The van der Waals surface area contributed by atoms with Crippen molar-refractivity contribution in [2.75, 3.05) is 7.11 Å². The third-order valence-electron chi connectivity index (χ3n) is 1.90. The Hall–Kier alpha value is -1.96. The molecule has 0 fully saturated rings. The summed E-state index contributed by atoms with van der Waals surface area (Å²) in [5.74, 6) is -2.24. The summed E-state index contributed by atoms with van der Waals surface area (Å²) in [7, 11) is 1.12. The summed E-state index contributed by atoms with van der Waals surface area (Å²) in [4.78, 5) is 31.9. The summed E-state index contributed by atoms with van der Waals surface area (Å²) in [6, 6.07) is 2.02. The van der Waals surface area contributed by atoms with Crippen molar-refractivity contribution in [2.45, 2.75) is 0 Å². The Morgan fingerprint density at radius 3 is 2.47 bits per heavy atom. The molecule has 0 amide bonds. The maximum Gasteiger partial charge on any atom is 0.343 e. The number of carbonyl (C=O) groups excluding carboxylic acids is 1. The van der Waals surface area contributed by atoms with Crippen LogP contribution in [0.25, 0.3) is 0 Å². The predicted octanol–water partition coefficient (Wildman–Crippen LogP) is 1.84. The van der Waals surface area contributed by atoms with Crippen molar-refractivity contribution in [1.82, 2.24) is 0 Å². The number of nitro groups is 1. The number of esters is 1. The van der Waals surface area contributed by atoms with Crippen molar-refractivity contribution < 1.29 is 24.4 Å². The molecule has 0 radical (unpaired) electrons. The van der Waals surface area contributed by atoms with E-state index in [0.29, 0.717) is 0 Å². The number of aromatic carboxylic acids is 1. The van der Waals surface area contributed by atoms with Gasteiger partial charge in [-0.25, -0.2) is 9.59 Å². The van der Waals surface area contributed by atoms with Crippen molar-refractivity contribution in [3.63, 3.8) is 0 Å². The Morgan fingerprint density at radius 1 is 1.47 bits per heavy atom. The van der Waals surface area contributed by atoms with Gasteiger partial charge in [-0.05, 0) is 22.0 Å². The fourth-order valence-electron chi connectivity index (χ4n) is 1.18. The number of carboxylic acids is 1. The van der Waals surface area contributed by atoms with Crippen LogP contribution in [0.15, 0.2) is 16.6 Å². The van der Waals surface area contributed by atoms with Crippen LogP contribution in [0.5, 0.6) is 0 Å². The summed E-state index contributed by atoms with van der Waals surface area (Å²) in [5.41, 5.74) is -1.29. The van der Waals surface area contributed by atoms with Gasteiger partial charge in [0.25, 0.3) is 5.69 Å². The lowest BCUT2D eigenvalue weighted by atomic mass is 10.1. The Labute approximate surface area is 103 Å². The zero-order valence-electron chi connectivity index (χ0n) is 8.47. The van der Waals surface area contributed by atoms with Gasteiger partial charge in [-0.1, -0.05) is 0 Å². The molecule has 1 aromatic rings. The second-order valence-electron chi connectivity index (χ2n) is 2.91. The molecule has 1 rings (SSSR count). The summed E-state index contributed by atoms with van der Waals surface area (Å²) in [5, 5.41) is 19.5. The molecule has 0 spiro atoms. The second-order valence-corrected chi connectivity index (χ2v) is 3.76. The lowest BCUT2D eigenvalue weighted by Crippen LogP contribution is -2.08. The molecule has 8 heteroatoms. The minimum Gasteiger partial charge on any atom is -0.477 e. The van der Waals surface area contributed by atoms with Gasteiger partial charge in [0.15, 0.2) is 5.56 Å². The van der Waals surface area contributed by atoms with E-state index in [1.165, 1.54) is 0 Å². The Bertz CT molecular complexity index is 512. The van der Waals surface area contributed by atoms with E-state index >= 15 is 0 Å². The molecule has 0 aliphatic rings. The van der Waals surface area contributed by atoms with E-state index in [1.54, 1.807) is 0 Å². The molecule has 0 heterocycles. The topological polar surface area (TPSA) is 107 Å². The van der Waals surface area contributed by atoms with E-state index in [0.717, 1.165) is 19.2 Å². The highest BCUT2D eigenvalue weighted by atomic mass is 79.9. The number of carbonyl (C=O) groups is 2. The number of halogens is 1. The molecular formula is C9H6BrNO6. The molecule has 1 N–H and O–H groups in total. The van der Waals surface area contributed by atoms with Crippen LogP contribution in [0, 0.1) is 10.1 Å². The first-order valence-electron chi connectivity index (χ1n) is 4.18. The monoisotopic (exact) mass is 303 g/mol. The van der Waals surface area contributed by atoms with E-state index in [1.807, 2.05) is 0 Å². The van der Waals surface area contributed by atoms with Crippen molar-refractivity contribution in [3.05, 3.63) is 37.8 Å². The average molecular weight is 304 g/mol. The first-order chi connectivity index (χ1) is 7.88. The molecule has 0 aromatic heterocycles. The smallest absolute Gasteiger partial charge is 0.343 e. The highest BCUT2D eigenvalue weighted by molar-refractivity contribution is 9.10. The molecule has 90 valence electrons. The first kappa shape index (κ1) is 13.1. The molecule has 0 saturated carbocycles. The number of nitro benzene ring substituents is 1. The van der Waals surface area contributed by atoms with Crippen molar-refractivity contribution >= 4 is 33.6 Å². The molecule has 0 unspecified atom stereocenters. The van der Waals surface area contributed by atoms with Crippen LogP contribution in [0.4, 0.5) is 5.69 Å². The minimum absolute atomic E-state index is 0.0559. The lowest BCUT2D eigenvalue weighted by molar-refractivity contribution is -0.385. The van der Waals surface area contributed by atoms with Crippen molar-refractivity contribution in [3.8, 4) is 0 Å². The molecule has 0 aliphatic heterocycles. The molecular weight excluding hydrogens is 298 g/mol. The Morgan fingerprint density at radius 2 is 2.06 bits per heavy atom. The van der Waals surface area contributed by atoms with Gasteiger partial charge < -0.3 is 9.84 Å². The maximum absolute atomic E-state index is 11.2. The van der Waals surface area contributed by atoms with Gasteiger partial charge in [-0.3, -0.25) is 10.1 Å². The van der Waals surface area contributed by atoms with Crippen LogP contribution >= 0.6 is 15.9 Å². The maximum atomic E-state index is 11.2. The normalized spacial score (nSPS) is 9.76. The Kier molecular flexibility index (Phi) is 3.79. The van der Waals surface area contributed by atoms with Gasteiger partial charge in [0.05, 0.1) is 17.6 Å². The number of hydrogen-bond acceptors (Lipinski definition) is 5. The molecule has 0 saturated heterocycles. The Balaban J connectivity index is 3.52. The van der Waals surface area contributed by atoms with Gasteiger partial charge in [0.1, 0.15) is 0 Å². The molecule has 0 bridgehead atoms. The number of nitrogens with zero attached hydrogens (tertiary/aromatic N) is 1. The third kappa shape index (κ3) is 2.59. The van der Waals surface area contributed by atoms with Gasteiger partial charge in [-0.2, -0.15) is 0 Å². The van der Waals surface area contributed by atoms with Gasteiger partial charge in [-0.15, -0.1) is 0 Å². The van der Waals surface area contributed by atoms with Gasteiger partial charge in [0, 0.05) is 10.5 Å². The molecule has 0 aliphatic carbocycles. The SMILES string of the molecule is COC(=O)c1cc(Br)c(C(=O)O)c([N+](=O)[O-])c1. The summed E-state index contributed by atoms with van der Waals surface area (Å²) in [6.45, 7) is 0. The van der Waals surface area contributed by atoms with Gasteiger partial charge in [0.2, 0.25) is 0 Å². The van der Waals surface area contributed by atoms with Crippen LogP contribution in [-0.4, -0.2) is 29.1 Å². The van der Waals surface area contributed by atoms with Crippen molar-refractivity contribution in [2.24, 2.45) is 0 Å². The zero-order valence-corrected chi connectivity index (χ0v) is 10.1. The predicted molar refractivity (Wildman–Crippen MR) is 59.1 cm³/mol. The minimum atomic E-state index is -1.46. The fraction of sp³-hybridized carbons (Fsp3) is 0.111. The number of rotatable bonds is 3. The number of carboxylic acid groups (broad SMARTS) is 1. The summed E-state index contributed by atoms with van der Waals surface area (Å²) < 4.78 is 4.34. The summed E-state index contributed by atoms with van der Waals surface area (Å²) >= 11 is 2.87. The molecule has 17 heavy (non-hydrogen) atoms. The van der Waals surface area contributed by atoms with E-state index in [4.69, 9.17) is 5.11 Å². The molecule has 1 aromatic carbocycles. The average Bonchev–Trinajstić information content (AvgIpc) is 2.26. The van der Waals surface area contributed by atoms with Crippen molar-refractivity contribution in [1.29, 1.82) is 0 Å². The lowest BCUT2D eigenvalue weighted by Gasteiger charge is -2.04. The van der Waals surface area contributed by atoms with Crippen LogP contribution in [0.3, 0.4) is 0 Å². The van der Waals surface area contributed by atoms with Crippen LogP contribution in [0.1, 0.15) is 20.7 Å². The highest BCUT2D eigenvalue weighted by Crippen LogP contribution is 2.29. The highest BCUT2D eigenvalue weighted by Gasteiger charge is 2.26. The number of hydrogen-bond donors (Lipinski definition) is 1.